The lowest BCUT2D eigenvalue weighted by molar-refractivity contribution is 0.233. The Kier molecular flexibility index (Phi) is 4.23. The largest absolute Gasteiger partial charge is 0.385 e. The summed E-state index contributed by atoms with van der Waals surface area (Å²) in [5.41, 5.74) is 4.69. The number of nitrogens with zero attached hydrogens (tertiary/aromatic N) is 1. The van der Waals surface area contributed by atoms with E-state index in [-0.39, 0.29) is 0 Å². The van der Waals surface area contributed by atoms with Crippen LogP contribution >= 0.6 is 0 Å². The van der Waals surface area contributed by atoms with Crippen LogP contribution in [-0.4, -0.2) is 37.6 Å². The summed E-state index contributed by atoms with van der Waals surface area (Å²) in [4.78, 5) is 2.56. The Morgan fingerprint density at radius 1 is 1.14 bits per heavy atom. The molecule has 2 heterocycles. The fourth-order valence-electron chi connectivity index (χ4n) is 3.69. The predicted octanol–water partition coefficient (Wildman–Crippen LogP) is 3.04. The van der Waals surface area contributed by atoms with Gasteiger partial charge in [-0.2, -0.15) is 0 Å². The van der Waals surface area contributed by atoms with E-state index in [1.807, 2.05) is 0 Å². The lowest BCUT2D eigenvalue weighted by Gasteiger charge is -2.37. The molecule has 1 unspecified atom stereocenters. The maximum atomic E-state index is 3.57. The molecular formula is C18H29N3. The van der Waals surface area contributed by atoms with Crippen LogP contribution in [0.25, 0.3) is 0 Å². The molecule has 21 heavy (non-hydrogen) atoms. The zero-order valence-corrected chi connectivity index (χ0v) is 13.7. The highest BCUT2D eigenvalue weighted by Gasteiger charge is 2.30. The Morgan fingerprint density at radius 2 is 1.90 bits per heavy atom. The van der Waals surface area contributed by atoms with E-state index < -0.39 is 0 Å². The molecule has 2 aliphatic rings. The van der Waals surface area contributed by atoms with Gasteiger partial charge in [0.2, 0.25) is 0 Å². The molecule has 116 valence electrons. The van der Waals surface area contributed by atoms with Crippen molar-refractivity contribution < 1.29 is 0 Å². The summed E-state index contributed by atoms with van der Waals surface area (Å²) in [6.45, 7) is 13.9. The number of anilines is 1. The van der Waals surface area contributed by atoms with Crippen molar-refractivity contribution in [2.75, 3.05) is 38.0 Å². The Bertz CT molecular complexity index is 484. The van der Waals surface area contributed by atoms with Gasteiger partial charge in [-0.25, -0.2) is 0 Å². The van der Waals surface area contributed by atoms with Gasteiger partial charge in [0.1, 0.15) is 0 Å². The Morgan fingerprint density at radius 3 is 2.62 bits per heavy atom. The third-order valence-corrected chi connectivity index (χ3v) is 4.90. The summed E-state index contributed by atoms with van der Waals surface area (Å²) in [6, 6.07) is 7.06. The van der Waals surface area contributed by atoms with Gasteiger partial charge in [-0.3, -0.25) is 4.90 Å². The van der Waals surface area contributed by atoms with Crippen LogP contribution in [0.4, 0.5) is 5.69 Å². The summed E-state index contributed by atoms with van der Waals surface area (Å²) in [5, 5.41) is 7.00. The third kappa shape index (κ3) is 3.41. The lowest BCUT2D eigenvalue weighted by Crippen LogP contribution is -2.42. The van der Waals surface area contributed by atoms with E-state index in [1.165, 1.54) is 23.2 Å². The van der Waals surface area contributed by atoms with Crippen LogP contribution in [0.2, 0.25) is 0 Å². The number of hydrogen-bond donors (Lipinski definition) is 2. The second-order valence-electron chi connectivity index (χ2n) is 7.58. The van der Waals surface area contributed by atoms with Crippen molar-refractivity contribution in [3.8, 4) is 0 Å². The minimum atomic E-state index is 0.338. The van der Waals surface area contributed by atoms with Crippen molar-refractivity contribution in [2.45, 2.75) is 39.7 Å². The summed E-state index contributed by atoms with van der Waals surface area (Å²) in [5.74, 6) is 0.664. The number of hydrogen-bond acceptors (Lipinski definition) is 3. The van der Waals surface area contributed by atoms with Crippen molar-refractivity contribution in [1.82, 2.24) is 10.2 Å². The van der Waals surface area contributed by atoms with Crippen molar-refractivity contribution in [3.63, 3.8) is 0 Å². The Balaban J connectivity index is 1.81. The molecule has 1 fully saturated rings. The highest BCUT2D eigenvalue weighted by Crippen LogP contribution is 2.43. The zero-order chi connectivity index (χ0) is 14.9. The fraction of sp³-hybridized carbons (Fsp3) is 0.667. The lowest BCUT2D eigenvalue weighted by atomic mass is 9.72. The summed E-state index contributed by atoms with van der Waals surface area (Å²) < 4.78 is 0. The van der Waals surface area contributed by atoms with Crippen LogP contribution in [-0.2, 0) is 6.54 Å². The van der Waals surface area contributed by atoms with Crippen molar-refractivity contribution >= 4 is 5.69 Å². The average Bonchev–Trinajstić information content (AvgIpc) is 2.46. The summed E-state index contributed by atoms with van der Waals surface area (Å²) >= 11 is 0. The topological polar surface area (TPSA) is 27.3 Å². The van der Waals surface area contributed by atoms with Gasteiger partial charge < -0.3 is 10.6 Å². The Hall–Kier alpha value is -1.06. The van der Waals surface area contributed by atoms with Crippen LogP contribution in [0.5, 0.6) is 0 Å². The van der Waals surface area contributed by atoms with Crippen molar-refractivity contribution in [3.05, 3.63) is 29.3 Å². The van der Waals surface area contributed by atoms with Crippen LogP contribution in [0.3, 0.4) is 0 Å². The maximum absolute atomic E-state index is 3.57. The molecule has 3 rings (SSSR count). The first-order valence-corrected chi connectivity index (χ1v) is 8.34. The van der Waals surface area contributed by atoms with E-state index in [0.717, 1.165) is 39.3 Å². The molecular weight excluding hydrogens is 258 g/mol. The molecule has 0 spiro atoms. The molecule has 3 nitrogen and oxygen atoms in total. The molecule has 1 aromatic rings. The number of rotatable bonds is 2. The molecule has 1 atom stereocenters. The van der Waals surface area contributed by atoms with E-state index in [0.29, 0.717) is 11.3 Å². The monoisotopic (exact) mass is 287 g/mol. The summed E-state index contributed by atoms with van der Waals surface area (Å²) in [6.07, 6.45) is 1.24. The molecule has 1 aromatic carbocycles. The quantitative estimate of drug-likeness (QED) is 0.875. The van der Waals surface area contributed by atoms with E-state index in [2.05, 4.69) is 54.5 Å². The van der Waals surface area contributed by atoms with Crippen molar-refractivity contribution in [2.24, 2.45) is 5.41 Å². The van der Waals surface area contributed by atoms with E-state index in [9.17, 15) is 0 Å². The van der Waals surface area contributed by atoms with Gasteiger partial charge in [0.15, 0.2) is 0 Å². The standard InChI is InChI=1S/C18H29N3/c1-18(2,3)16-6-7-20-17-5-4-14(12-15(16)17)13-21-10-8-19-9-11-21/h4-5,12,16,19-20H,6-11,13H2,1-3H3. The third-order valence-electron chi connectivity index (χ3n) is 4.90. The van der Waals surface area contributed by atoms with E-state index >= 15 is 0 Å². The highest BCUT2D eigenvalue weighted by molar-refractivity contribution is 5.56. The van der Waals surface area contributed by atoms with Gasteiger partial charge in [-0.15, -0.1) is 0 Å². The maximum Gasteiger partial charge on any atom is 0.0375 e. The van der Waals surface area contributed by atoms with Crippen molar-refractivity contribution in [1.29, 1.82) is 0 Å². The first kappa shape index (κ1) is 14.9. The van der Waals surface area contributed by atoms with Gasteiger partial charge >= 0.3 is 0 Å². The normalized spacial score (nSPS) is 23.5. The first-order chi connectivity index (χ1) is 10.0. The van der Waals surface area contributed by atoms with Crippen LogP contribution in [0.1, 0.15) is 44.2 Å². The van der Waals surface area contributed by atoms with Crippen LogP contribution < -0.4 is 10.6 Å². The smallest absolute Gasteiger partial charge is 0.0375 e. The van der Waals surface area contributed by atoms with Gasteiger partial charge in [-0.1, -0.05) is 32.9 Å². The fourth-order valence-corrected chi connectivity index (χ4v) is 3.69. The molecule has 0 amide bonds. The van der Waals surface area contributed by atoms with Gasteiger partial charge in [0.25, 0.3) is 0 Å². The molecule has 0 saturated carbocycles. The Labute approximate surface area is 129 Å². The number of piperazine rings is 1. The molecule has 0 aromatic heterocycles. The molecule has 3 heteroatoms. The van der Waals surface area contributed by atoms with Crippen LogP contribution in [0.15, 0.2) is 18.2 Å². The average molecular weight is 287 g/mol. The van der Waals surface area contributed by atoms with Gasteiger partial charge in [0, 0.05) is 45.0 Å². The second-order valence-corrected chi connectivity index (χ2v) is 7.58. The minimum Gasteiger partial charge on any atom is -0.385 e. The molecule has 0 bridgehead atoms. The van der Waals surface area contributed by atoms with Gasteiger partial charge in [0.05, 0.1) is 0 Å². The zero-order valence-electron chi connectivity index (χ0n) is 13.7. The second kappa shape index (κ2) is 5.98. The highest BCUT2D eigenvalue weighted by atomic mass is 15.2. The van der Waals surface area contributed by atoms with E-state index in [4.69, 9.17) is 0 Å². The molecule has 2 aliphatic heterocycles. The van der Waals surface area contributed by atoms with Crippen LogP contribution in [0, 0.1) is 5.41 Å². The van der Waals surface area contributed by atoms with E-state index in [1.54, 1.807) is 0 Å². The first-order valence-electron chi connectivity index (χ1n) is 8.34. The predicted molar refractivity (Wildman–Crippen MR) is 89.9 cm³/mol. The van der Waals surface area contributed by atoms with Gasteiger partial charge in [-0.05, 0) is 34.9 Å². The number of nitrogens with one attached hydrogen (secondary N) is 2. The number of fused-ring (bicyclic) bond motifs is 1. The summed E-state index contributed by atoms with van der Waals surface area (Å²) in [7, 11) is 0. The molecule has 0 radical (unpaired) electrons. The molecule has 0 aliphatic carbocycles. The minimum absolute atomic E-state index is 0.338. The molecule has 2 N–H and O–H groups in total. The number of benzene rings is 1. The SMILES string of the molecule is CC(C)(C)C1CCNc2ccc(CN3CCNCC3)cc21. The molecule has 1 saturated heterocycles.